The highest BCUT2D eigenvalue weighted by atomic mass is 16.4. The topological polar surface area (TPSA) is 104 Å². The molecule has 7 heteroatoms. The van der Waals surface area contributed by atoms with Gasteiger partial charge in [0.2, 0.25) is 0 Å². The van der Waals surface area contributed by atoms with E-state index in [0.29, 0.717) is 11.4 Å². The maximum absolute atomic E-state index is 11.8. The van der Waals surface area contributed by atoms with Gasteiger partial charge in [0.1, 0.15) is 6.33 Å². The minimum atomic E-state index is -1.04. The van der Waals surface area contributed by atoms with Crippen molar-refractivity contribution in [3.63, 3.8) is 0 Å². The van der Waals surface area contributed by atoms with Crippen molar-refractivity contribution in [2.45, 2.75) is 13.5 Å². The Morgan fingerprint density at radius 3 is 2.76 bits per heavy atom. The van der Waals surface area contributed by atoms with E-state index >= 15 is 0 Å². The number of rotatable bonds is 4. The molecule has 1 aromatic carbocycles. The summed E-state index contributed by atoms with van der Waals surface area (Å²) < 4.78 is 0. The van der Waals surface area contributed by atoms with Crippen LogP contribution in [-0.4, -0.2) is 27.1 Å². The summed E-state index contributed by atoms with van der Waals surface area (Å²) in [6.45, 7) is 2.04. The number of carboxylic acids is 1. The van der Waals surface area contributed by atoms with Crippen LogP contribution in [0.3, 0.4) is 0 Å². The largest absolute Gasteiger partial charge is 0.478 e. The van der Waals surface area contributed by atoms with Gasteiger partial charge in [-0.2, -0.15) is 0 Å². The fourth-order valence-corrected chi connectivity index (χ4v) is 1.65. The Balaban J connectivity index is 1.99. The summed E-state index contributed by atoms with van der Waals surface area (Å²) in [5.74, 6) is -1.04. The van der Waals surface area contributed by atoms with Gasteiger partial charge >= 0.3 is 12.0 Å². The summed E-state index contributed by atoms with van der Waals surface area (Å²) in [5, 5.41) is 14.2. The van der Waals surface area contributed by atoms with E-state index in [4.69, 9.17) is 5.11 Å². The Morgan fingerprint density at radius 2 is 2.10 bits per heavy atom. The molecule has 2 amide bonds. The number of aromatic nitrogens is 2. The number of urea groups is 1. The number of nitrogens with one attached hydrogen (secondary N) is 2. The van der Waals surface area contributed by atoms with Crippen molar-refractivity contribution in [1.82, 2.24) is 15.3 Å². The molecule has 0 atom stereocenters. The number of nitrogens with zero attached hydrogens (tertiary/aromatic N) is 2. The van der Waals surface area contributed by atoms with Crippen LogP contribution in [0.1, 0.15) is 21.6 Å². The normalized spacial score (nSPS) is 9.95. The highest BCUT2D eigenvalue weighted by molar-refractivity contribution is 5.93. The van der Waals surface area contributed by atoms with Crippen LogP contribution in [0, 0.1) is 6.92 Å². The molecule has 0 spiro atoms. The maximum Gasteiger partial charge on any atom is 0.335 e. The Labute approximate surface area is 121 Å². The molecule has 7 nitrogen and oxygen atoms in total. The molecule has 0 radical (unpaired) electrons. The smallest absolute Gasteiger partial charge is 0.335 e. The lowest BCUT2D eigenvalue weighted by Gasteiger charge is -2.10. The number of carbonyl (C=O) groups is 2. The van der Waals surface area contributed by atoms with Crippen molar-refractivity contribution in [3.05, 3.63) is 53.6 Å². The molecule has 0 aliphatic rings. The molecule has 2 rings (SSSR count). The van der Waals surface area contributed by atoms with Crippen molar-refractivity contribution in [1.29, 1.82) is 0 Å². The van der Waals surface area contributed by atoms with Crippen molar-refractivity contribution < 1.29 is 14.7 Å². The molecule has 21 heavy (non-hydrogen) atoms. The molecular formula is C14H14N4O3. The zero-order valence-corrected chi connectivity index (χ0v) is 11.3. The zero-order chi connectivity index (χ0) is 15.2. The van der Waals surface area contributed by atoms with Crippen molar-refractivity contribution in [2.75, 3.05) is 5.32 Å². The van der Waals surface area contributed by atoms with E-state index in [9.17, 15) is 9.59 Å². The second-order valence-electron chi connectivity index (χ2n) is 4.34. The van der Waals surface area contributed by atoms with Gasteiger partial charge in [0.05, 0.1) is 17.8 Å². The third kappa shape index (κ3) is 4.00. The molecule has 0 saturated carbocycles. The van der Waals surface area contributed by atoms with Crippen LogP contribution in [0.2, 0.25) is 0 Å². The number of carboxylic acid groups (broad SMARTS) is 1. The van der Waals surface area contributed by atoms with Crippen molar-refractivity contribution in [3.8, 4) is 0 Å². The number of amides is 2. The van der Waals surface area contributed by atoms with Crippen molar-refractivity contribution in [2.24, 2.45) is 0 Å². The fraction of sp³-hybridized carbons (Fsp3) is 0.143. The summed E-state index contributed by atoms with van der Waals surface area (Å²) in [4.78, 5) is 30.5. The third-order valence-electron chi connectivity index (χ3n) is 2.81. The second-order valence-corrected chi connectivity index (χ2v) is 4.34. The summed E-state index contributed by atoms with van der Waals surface area (Å²) >= 11 is 0. The van der Waals surface area contributed by atoms with E-state index in [-0.39, 0.29) is 12.1 Å². The summed E-state index contributed by atoms with van der Waals surface area (Å²) in [7, 11) is 0. The minimum absolute atomic E-state index is 0.117. The first-order valence-electron chi connectivity index (χ1n) is 6.20. The molecule has 2 aromatic rings. The van der Waals surface area contributed by atoms with Crippen LogP contribution in [0.25, 0.3) is 0 Å². The molecule has 1 heterocycles. The van der Waals surface area contributed by atoms with Gasteiger partial charge in [-0.3, -0.25) is 0 Å². The molecule has 0 bridgehead atoms. The molecule has 0 fully saturated rings. The standard InChI is InChI=1S/C14H14N4O3/c1-9-2-3-10(13(19)20)6-12(9)18-14(21)16-7-11-4-5-15-8-17-11/h2-6,8H,7H2,1H3,(H,19,20)(H2,16,18,21). The second kappa shape index (κ2) is 6.47. The number of anilines is 1. The van der Waals surface area contributed by atoms with Crippen LogP contribution in [0.15, 0.2) is 36.8 Å². The first kappa shape index (κ1) is 14.4. The van der Waals surface area contributed by atoms with Crippen LogP contribution >= 0.6 is 0 Å². The van der Waals surface area contributed by atoms with Gasteiger partial charge in [-0.15, -0.1) is 0 Å². The minimum Gasteiger partial charge on any atom is -0.478 e. The Kier molecular flexibility index (Phi) is 4.45. The summed E-state index contributed by atoms with van der Waals surface area (Å²) in [6, 6.07) is 5.81. The number of hydrogen-bond acceptors (Lipinski definition) is 4. The van der Waals surface area contributed by atoms with Gasteiger partial charge in [-0.1, -0.05) is 6.07 Å². The van der Waals surface area contributed by atoms with E-state index < -0.39 is 12.0 Å². The number of hydrogen-bond donors (Lipinski definition) is 3. The van der Waals surface area contributed by atoms with E-state index in [1.54, 1.807) is 25.3 Å². The fourth-order valence-electron chi connectivity index (χ4n) is 1.65. The first-order valence-corrected chi connectivity index (χ1v) is 6.20. The molecular weight excluding hydrogens is 272 g/mol. The lowest BCUT2D eigenvalue weighted by atomic mass is 10.1. The monoisotopic (exact) mass is 286 g/mol. The molecule has 0 aliphatic heterocycles. The van der Waals surface area contributed by atoms with Gasteiger partial charge in [-0.05, 0) is 30.7 Å². The van der Waals surface area contributed by atoms with Gasteiger partial charge in [-0.25, -0.2) is 19.6 Å². The van der Waals surface area contributed by atoms with E-state index in [1.807, 2.05) is 0 Å². The molecule has 0 saturated heterocycles. The zero-order valence-electron chi connectivity index (χ0n) is 11.3. The van der Waals surface area contributed by atoms with E-state index in [2.05, 4.69) is 20.6 Å². The predicted molar refractivity (Wildman–Crippen MR) is 76.0 cm³/mol. The average Bonchev–Trinajstić information content (AvgIpc) is 2.48. The van der Waals surface area contributed by atoms with Gasteiger partial charge < -0.3 is 15.7 Å². The Bertz CT molecular complexity index is 659. The van der Waals surface area contributed by atoms with Crippen molar-refractivity contribution >= 4 is 17.7 Å². The molecule has 1 aromatic heterocycles. The van der Waals surface area contributed by atoms with E-state index in [0.717, 1.165) is 5.56 Å². The van der Waals surface area contributed by atoms with E-state index in [1.165, 1.54) is 18.5 Å². The van der Waals surface area contributed by atoms with Crippen LogP contribution < -0.4 is 10.6 Å². The van der Waals surface area contributed by atoms with Gasteiger partial charge in [0.15, 0.2) is 0 Å². The molecule has 0 aliphatic carbocycles. The summed E-state index contributed by atoms with van der Waals surface area (Å²) in [5.41, 5.74) is 2.02. The maximum atomic E-state index is 11.8. The van der Waals surface area contributed by atoms with Crippen LogP contribution in [-0.2, 0) is 6.54 Å². The predicted octanol–water partition coefficient (Wildman–Crippen LogP) is 1.80. The number of aryl methyl sites for hydroxylation is 1. The highest BCUT2D eigenvalue weighted by Crippen LogP contribution is 2.16. The Hall–Kier alpha value is -2.96. The summed E-state index contributed by atoms with van der Waals surface area (Å²) in [6.07, 6.45) is 2.98. The number of carbonyl (C=O) groups excluding carboxylic acids is 1. The lowest BCUT2D eigenvalue weighted by Crippen LogP contribution is -2.28. The van der Waals surface area contributed by atoms with Gasteiger partial charge in [0, 0.05) is 11.9 Å². The van der Waals surface area contributed by atoms with Crippen LogP contribution in [0.4, 0.5) is 10.5 Å². The molecule has 3 N–H and O–H groups in total. The lowest BCUT2D eigenvalue weighted by molar-refractivity contribution is 0.0697. The SMILES string of the molecule is Cc1ccc(C(=O)O)cc1NC(=O)NCc1ccncn1. The third-order valence-corrected chi connectivity index (χ3v) is 2.81. The average molecular weight is 286 g/mol. The Morgan fingerprint density at radius 1 is 1.29 bits per heavy atom. The highest BCUT2D eigenvalue weighted by Gasteiger charge is 2.09. The first-order chi connectivity index (χ1) is 10.1. The number of aromatic carboxylic acids is 1. The number of benzene rings is 1. The quantitative estimate of drug-likeness (QED) is 0.795. The van der Waals surface area contributed by atoms with Crippen LogP contribution in [0.5, 0.6) is 0 Å². The van der Waals surface area contributed by atoms with Gasteiger partial charge in [0.25, 0.3) is 0 Å². The molecule has 108 valence electrons. The molecule has 0 unspecified atom stereocenters.